The Morgan fingerprint density at radius 2 is 2.05 bits per heavy atom. The number of methoxy groups -OCH3 is 1. The van der Waals surface area contributed by atoms with Crippen LogP contribution in [0.2, 0.25) is 0 Å². The summed E-state index contributed by atoms with van der Waals surface area (Å²) in [7, 11) is 1.48. The highest BCUT2D eigenvalue weighted by atomic mass is 16.5. The molecule has 0 radical (unpaired) electrons. The Labute approximate surface area is 121 Å². The molecule has 3 heteroatoms. The summed E-state index contributed by atoms with van der Waals surface area (Å²) in [6.07, 6.45) is 4.04. The summed E-state index contributed by atoms with van der Waals surface area (Å²) in [5, 5.41) is 3.63. The van der Waals surface area contributed by atoms with Gasteiger partial charge in [-0.15, -0.1) is 0 Å². The number of carbonyl (C=O) groups is 1. The monoisotopic (exact) mass is 275 g/mol. The second kappa shape index (κ2) is 6.78. The van der Waals surface area contributed by atoms with Crippen molar-refractivity contribution >= 4 is 11.7 Å². The van der Waals surface area contributed by atoms with Crippen LogP contribution in [0.5, 0.6) is 0 Å². The highest BCUT2D eigenvalue weighted by Crippen LogP contribution is 2.30. The summed E-state index contributed by atoms with van der Waals surface area (Å²) in [6, 6.07) is 8.82. The molecule has 1 N–H and O–H groups in total. The second-order valence-electron chi connectivity index (χ2n) is 5.97. The van der Waals surface area contributed by atoms with E-state index >= 15 is 0 Å². The predicted molar refractivity (Wildman–Crippen MR) is 81.9 cm³/mol. The molecule has 3 nitrogen and oxygen atoms in total. The zero-order valence-electron chi connectivity index (χ0n) is 12.7. The van der Waals surface area contributed by atoms with Crippen molar-refractivity contribution in [3.8, 4) is 0 Å². The summed E-state index contributed by atoms with van der Waals surface area (Å²) in [4.78, 5) is 11.7. The van der Waals surface area contributed by atoms with Crippen molar-refractivity contribution in [2.45, 2.75) is 51.5 Å². The molecule has 0 unspecified atom stereocenters. The van der Waals surface area contributed by atoms with Crippen LogP contribution in [0.1, 0.15) is 51.0 Å². The summed E-state index contributed by atoms with van der Waals surface area (Å²) in [5.74, 6) is 0.491. The number of hydrogen-bond acceptors (Lipinski definition) is 3. The molecule has 1 aromatic rings. The van der Waals surface area contributed by atoms with E-state index in [0.717, 1.165) is 25.7 Å². The smallest absolute Gasteiger partial charge is 0.308 e. The van der Waals surface area contributed by atoms with Gasteiger partial charge in [0.2, 0.25) is 0 Å². The van der Waals surface area contributed by atoms with Crippen molar-refractivity contribution in [2.75, 3.05) is 12.4 Å². The van der Waals surface area contributed by atoms with Crippen molar-refractivity contribution in [1.29, 1.82) is 0 Å². The van der Waals surface area contributed by atoms with E-state index in [4.69, 9.17) is 4.74 Å². The molecule has 20 heavy (non-hydrogen) atoms. The summed E-state index contributed by atoms with van der Waals surface area (Å²) in [6.45, 7) is 4.41. The molecule has 1 aliphatic carbocycles. The van der Waals surface area contributed by atoms with Crippen molar-refractivity contribution in [1.82, 2.24) is 0 Å². The van der Waals surface area contributed by atoms with Crippen molar-refractivity contribution < 1.29 is 9.53 Å². The van der Waals surface area contributed by atoms with Gasteiger partial charge in [-0.25, -0.2) is 0 Å². The number of nitrogens with one attached hydrogen (secondary N) is 1. The number of anilines is 1. The summed E-state index contributed by atoms with van der Waals surface area (Å²) < 4.78 is 4.88. The first-order valence-corrected chi connectivity index (χ1v) is 7.55. The molecule has 0 heterocycles. The third-order valence-corrected chi connectivity index (χ3v) is 4.15. The van der Waals surface area contributed by atoms with Gasteiger partial charge < -0.3 is 10.1 Å². The van der Waals surface area contributed by atoms with E-state index in [-0.39, 0.29) is 11.9 Å². The Bertz CT molecular complexity index is 456. The van der Waals surface area contributed by atoms with Crippen LogP contribution < -0.4 is 5.32 Å². The number of rotatable bonds is 4. The molecule has 2 rings (SSSR count). The Kier molecular flexibility index (Phi) is 5.05. The molecule has 0 aromatic heterocycles. The molecule has 0 bridgehead atoms. The minimum atomic E-state index is -0.0614. The van der Waals surface area contributed by atoms with E-state index in [9.17, 15) is 4.79 Å². The molecule has 0 amide bonds. The Balaban J connectivity index is 2.04. The summed E-state index contributed by atoms with van der Waals surface area (Å²) >= 11 is 0. The standard InChI is InChI=1S/C17H25NO2/c1-12(2)15-9-4-5-10-16(15)18-14-8-6-7-13(11-14)17(19)20-3/h4-5,9-10,12-14,18H,6-8,11H2,1-3H3/t13-,14+/m0/s1. The lowest BCUT2D eigenvalue weighted by Crippen LogP contribution is -2.31. The Morgan fingerprint density at radius 1 is 1.30 bits per heavy atom. The van der Waals surface area contributed by atoms with E-state index in [0.29, 0.717) is 12.0 Å². The lowest BCUT2D eigenvalue weighted by atomic mass is 9.85. The van der Waals surface area contributed by atoms with Crippen LogP contribution in [0, 0.1) is 5.92 Å². The van der Waals surface area contributed by atoms with Gasteiger partial charge in [0.05, 0.1) is 13.0 Å². The maximum absolute atomic E-state index is 11.7. The number of carbonyl (C=O) groups excluding carboxylic acids is 1. The molecule has 0 saturated heterocycles. The van der Waals surface area contributed by atoms with Gasteiger partial charge in [0, 0.05) is 11.7 Å². The van der Waals surface area contributed by atoms with Gasteiger partial charge in [0.1, 0.15) is 0 Å². The number of hydrogen-bond donors (Lipinski definition) is 1. The van der Waals surface area contributed by atoms with E-state index in [2.05, 4.69) is 43.4 Å². The molecule has 2 atom stereocenters. The molecule has 0 aliphatic heterocycles. The normalized spacial score (nSPS) is 22.6. The highest BCUT2D eigenvalue weighted by Gasteiger charge is 2.28. The largest absolute Gasteiger partial charge is 0.469 e. The van der Waals surface area contributed by atoms with Crippen LogP contribution in [0.25, 0.3) is 0 Å². The second-order valence-corrected chi connectivity index (χ2v) is 5.97. The molecule has 1 aromatic carbocycles. The Morgan fingerprint density at radius 3 is 2.75 bits per heavy atom. The zero-order valence-corrected chi connectivity index (χ0v) is 12.7. The third-order valence-electron chi connectivity index (χ3n) is 4.15. The van der Waals surface area contributed by atoms with Crippen LogP contribution in [0.3, 0.4) is 0 Å². The maximum Gasteiger partial charge on any atom is 0.308 e. The molecule has 0 spiro atoms. The molecule has 110 valence electrons. The number of ether oxygens (including phenoxy) is 1. The molecule has 1 saturated carbocycles. The van der Waals surface area contributed by atoms with E-state index in [1.165, 1.54) is 18.4 Å². The zero-order chi connectivity index (χ0) is 14.5. The average Bonchev–Trinajstić information content (AvgIpc) is 2.47. The minimum Gasteiger partial charge on any atom is -0.469 e. The van der Waals surface area contributed by atoms with Crippen molar-refractivity contribution in [2.24, 2.45) is 5.92 Å². The first-order chi connectivity index (χ1) is 9.61. The maximum atomic E-state index is 11.7. The van der Waals surface area contributed by atoms with Crippen molar-refractivity contribution in [3.63, 3.8) is 0 Å². The van der Waals surface area contributed by atoms with Crippen molar-refractivity contribution in [3.05, 3.63) is 29.8 Å². The molecular formula is C17H25NO2. The van der Waals surface area contributed by atoms with Crippen LogP contribution >= 0.6 is 0 Å². The Hall–Kier alpha value is -1.51. The van der Waals surface area contributed by atoms with Gasteiger partial charge in [-0.1, -0.05) is 38.5 Å². The average molecular weight is 275 g/mol. The van der Waals surface area contributed by atoms with Gasteiger partial charge in [-0.3, -0.25) is 4.79 Å². The fourth-order valence-corrected chi connectivity index (χ4v) is 3.05. The van der Waals surface area contributed by atoms with Crippen LogP contribution in [0.15, 0.2) is 24.3 Å². The number of esters is 1. The van der Waals surface area contributed by atoms with E-state index in [1.54, 1.807) is 0 Å². The van der Waals surface area contributed by atoms with Gasteiger partial charge >= 0.3 is 5.97 Å². The van der Waals surface area contributed by atoms with Crippen LogP contribution in [0.4, 0.5) is 5.69 Å². The molecule has 1 fully saturated rings. The molecular weight excluding hydrogens is 250 g/mol. The fraction of sp³-hybridized carbons (Fsp3) is 0.588. The predicted octanol–water partition coefficient (Wildman–Crippen LogP) is 3.95. The molecule has 1 aliphatic rings. The van der Waals surface area contributed by atoms with E-state index in [1.807, 2.05) is 0 Å². The number of para-hydroxylation sites is 1. The topological polar surface area (TPSA) is 38.3 Å². The third kappa shape index (κ3) is 3.53. The lowest BCUT2D eigenvalue weighted by Gasteiger charge is -2.30. The highest BCUT2D eigenvalue weighted by molar-refractivity contribution is 5.72. The van der Waals surface area contributed by atoms with Crippen LogP contribution in [-0.2, 0) is 9.53 Å². The van der Waals surface area contributed by atoms with Gasteiger partial charge in [-0.2, -0.15) is 0 Å². The minimum absolute atomic E-state index is 0.0532. The lowest BCUT2D eigenvalue weighted by molar-refractivity contribution is -0.146. The van der Waals surface area contributed by atoms with Crippen LogP contribution in [-0.4, -0.2) is 19.1 Å². The summed E-state index contributed by atoms with van der Waals surface area (Å²) in [5.41, 5.74) is 2.55. The van der Waals surface area contributed by atoms with E-state index < -0.39 is 0 Å². The van der Waals surface area contributed by atoms with Gasteiger partial charge in [0.25, 0.3) is 0 Å². The number of benzene rings is 1. The van der Waals surface area contributed by atoms with Gasteiger partial charge in [-0.05, 0) is 36.8 Å². The first-order valence-electron chi connectivity index (χ1n) is 7.55. The van der Waals surface area contributed by atoms with Gasteiger partial charge in [0.15, 0.2) is 0 Å². The fourth-order valence-electron chi connectivity index (χ4n) is 3.05. The quantitative estimate of drug-likeness (QED) is 0.845. The SMILES string of the molecule is COC(=O)[C@H]1CCC[C@@H](Nc2ccccc2C(C)C)C1. The first kappa shape index (κ1) is 14.9.